The first-order valence-electron chi connectivity index (χ1n) is 5.41. The molecule has 0 aromatic heterocycles. The maximum atomic E-state index is 11.2. The van der Waals surface area contributed by atoms with Gasteiger partial charge in [0.25, 0.3) is 0 Å². The molecule has 0 saturated heterocycles. The van der Waals surface area contributed by atoms with Gasteiger partial charge >= 0.3 is 12.2 Å². The number of alkyl carbamates (subject to hydrolysis) is 1. The van der Waals surface area contributed by atoms with Gasteiger partial charge in [0.05, 0.1) is 0 Å². The van der Waals surface area contributed by atoms with Crippen LogP contribution in [0.5, 0.6) is 0 Å². The van der Waals surface area contributed by atoms with Crippen LogP contribution in [0.15, 0.2) is 0 Å². The second-order valence-corrected chi connectivity index (χ2v) is 4.49. The van der Waals surface area contributed by atoms with Crippen molar-refractivity contribution < 1.29 is 19.4 Å². The second kappa shape index (κ2) is 6.95. The minimum absolute atomic E-state index is 0.186. The Labute approximate surface area is 101 Å². The summed E-state index contributed by atoms with van der Waals surface area (Å²) < 4.78 is 5.00. The predicted octanol–water partition coefficient (Wildman–Crippen LogP) is 0.450. The largest absolute Gasteiger partial charge is 0.465 e. The molecule has 0 aliphatic rings. The highest BCUT2D eigenvalue weighted by molar-refractivity contribution is 5.68. The Kier molecular flexibility index (Phi) is 6.34. The minimum Gasteiger partial charge on any atom is -0.465 e. The highest BCUT2D eigenvalue weighted by atomic mass is 16.6. The summed E-state index contributed by atoms with van der Waals surface area (Å²) in [6.07, 6.45) is -1.61. The monoisotopic (exact) mass is 247 g/mol. The molecule has 0 rings (SSSR count). The first-order valence-corrected chi connectivity index (χ1v) is 5.41. The first kappa shape index (κ1) is 15.5. The van der Waals surface area contributed by atoms with Gasteiger partial charge in [0, 0.05) is 26.2 Å². The van der Waals surface area contributed by atoms with Crippen LogP contribution in [-0.2, 0) is 4.74 Å². The molecular weight excluding hydrogens is 226 g/mol. The number of carbonyl (C=O) groups excluding carboxylic acids is 1. The smallest absolute Gasteiger partial charge is 0.407 e. The normalized spacial score (nSPS) is 10.8. The van der Waals surface area contributed by atoms with Crippen LogP contribution >= 0.6 is 0 Å². The number of nitrogens with two attached hydrogens (primary N) is 1. The van der Waals surface area contributed by atoms with Crippen LogP contribution in [0, 0.1) is 0 Å². The Bertz CT molecular complexity index is 263. The fourth-order valence-corrected chi connectivity index (χ4v) is 1.07. The molecular formula is C10H21N3O4. The van der Waals surface area contributed by atoms with E-state index in [1.807, 2.05) is 0 Å². The van der Waals surface area contributed by atoms with Crippen LogP contribution in [0.25, 0.3) is 0 Å². The van der Waals surface area contributed by atoms with E-state index in [2.05, 4.69) is 5.32 Å². The van der Waals surface area contributed by atoms with Gasteiger partial charge in [-0.25, -0.2) is 9.59 Å². The average molecular weight is 247 g/mol. The molecule has 17 heavy (non-hydrogen) atoms. The minimum atomic E-state index is -1.05. The third-order valence-electron chi connectivity index (χ3n) is 1.72. The van der Waals surface area contributed by atoms with E-state index < -0.39 is 17.8 Å². The lowest BCUT2D eigenvalue weighted by molar-refractivity contribution is 0.0520. The van der Waals surface area contributed by atoms with Crippen LogP contribution < -0.4 is 11.1 Å². The van der Waals surface area contributed by atoms with Gasteiger partial charge < -0.3 is 25.8 Å². The summed E-state index contributed by atoms with van der Waals surface area (Å²) in [5, 5.41) is 11.3. The average Bonchev–Trinajstić information content (AvgIpc) is 2.13. The zero-order chi connectivity index (χ0) is 13.5. The van der Waals surface area contributed by atoms with Gasteiger partial charge in [0.15, 0.2) is 0 Å². The molecule has 0 radical (unpaired) electrons. The Balaban J connectivity index is 3.88. The Hall–Kier alpha value is -1.50. The second-order valence-electron chi connectivity index (χ2n) is 4.49. The molecule has 4 N–H and O–H groups in total. The van der Waals surface area contributed by atoms with Crippen LogP contribution in [0.4, 0.5) is 9.59 Å². The van der Waals surface area contributed by atoms with E-state index in [1.165, 1.54) is 0 Å². The van der Waals surface area contributed by atoms with E-state index in [0.29, 0.717) is 0 Å². The molecule has 0 aromatic rings. The molecule has 7 heteroatoms. The van der Waals surface area contributed by atoms with Crippen molar-refractivity contribution in [3.8, 4) is 0 Å². The third-order valence-corrected chi connectivity index (χ3v) is 1.72. The number of hydrogen-bond donors (Lipinski definition) is 3. The van der Waals surface area contributed by atoms with E-state index in [-0.39, 0.29) is 26.2 Å². The molecule has 0 fully saturated rings. The quantitative estimate of drug-likeness (QED) is 0.654. The maximum absolute atomic E-state index is 11.2. The van der Waals surface area contributed by atoms with Crippen molar-refractivity contribution in [3.63, 3.8) is 0 Å². The number of rotatable bonds is 5. The molecule has 2 amide bonds. The highest BCUT2D eigenvalue weighted by Crippen LogP contribution is 2.06. The predicted molar refractivity (Wildman–Crippen MR) is 62.9 cm³/mol. The van der Waals surface area contributed by atoms with Crippen LogP contribution in [0.3, 0.4) is 0 Å². The standard InChI is InChI=1S/C10H21N3O4/c1-10(2,3)17-8(14)12-5-7-13(6-4-11)9(15)16/h4-7,11H2,1-3H3,(H,12,14)(H,15,16). The summed E-state index contributed by atoms with van der Waals surface area (Å²) in [7, 11) is 0. The van der Waals surface area contributed by atoms with Crippen molar-refractivity contribution in [1.29, 1.82) is 0 Å². The topological polar surface area (TPSA) is 105 Å². The highest BCUT2D eigenvalue weighted by Gasteiger charge is 2.16. The van der Waals surface area contributed by atoms with E-state index in [1.54, 1.807) is 20.8 Å². The van der Waals surface area contributed by atoms with E-state index >= 15 is 0 Å². The van der Waals surface area contributed by atoms with Crippen molar-refractivity contribution in [2.75, 3.05) is 26.2 Å². The lowest BCUT2D eigenvalue weighted by atomic mass is 10.2. The molecule has 0 aliphatic carbocycles. The molecule has 0 spiro atoms. The van der Waals surface area contributed by atoms with Crippen molar-refractivity contribution in [2.24, 2.45) is 5.73 Å². The lowest BCUT2D eigenvalue weighted by Crippen LogP contribution is -2.41. The summed E-state index contributed by atoms with van der Waals surface area (Å²) in [6.45, 7) is 6.14. The van der Waals surface area contributed by atoms with Gasteiger partial charge in [-0.3, -0.25) is 0 Å². The lowest BCUT2D eigenvalue weighted by Gasteiger charge is -2.21. The zero-order valence-corrected chi connectivity index (χ0v) is 10.5. The number of nitrogens with one attached hydrogen (secondary N) is 1. The van der Waals surface area contributed by atoms with E-state index in [0.717, 1.165) is 4.90 Å². The number of hydrogen-bond acceptors (Lipinski definition) is 4. The molecule has 0 atom stereocenters. The molecule has 0 unspecified atom stereocenters. The van der Waals surface area contributed by atoms with Gasteiger partial charge in [0.1, 0.15) is 5.60 Å². The SMILES string of the molecule is CC(C)(C)OC(=O)NCCN(CCN)C(=O)O. The Morgan fingerprint density at radius 3 is 2.35 bits per heavy atom. The van der Waals surface area contributed by atoms with Gasteiger partial charge in [-0.1, -0.05) is 0 Å². The summed E-state index contributed by atoms with van der Waals surface area (Å²) in [5.74, 6) is 0. The van der Waals surface area contributed by atoms with Crippen molar-refractivity contribution in [2.45, 2.75) is 26.4 Å². The first-order chi connectivity index (χ1) is 7.76. The Morgan fingerprint density at radius 1 is 1.35 bits per heavy atom. The van der Waals surface area contributed by atoms with Crippen LogP contribution in [-0.4, -0.2) is 54.0 Å². The van der Waals surface area contributed by atoms with Crippen molar-refractivity contribution in [3.05, 3.63) is 0 Å². The van der Waals surface area contributed by atoms with Gasteiger partial charge in [-0.15, -0.1) is 0 Å². The van der Waals surface area contributed by atoms with Gasteiger partial charge in [0.2, 0.25) is 0 Å². The molecule has 7 nitrogen and oxygen atoms in total. The summed E-state index contributed by atoms with van der Waals surface area (Å²) in [4.78, 5) is 23.1. The maximum Gasteiger partial charge on any atom is 0.407 e. The van der Waals surface area contributed by atoms with Crippen molar-refractivity contribution in [1.82, 2.24) is 10.2 Å². The van der Waals surface area contributed by atoms with Gasteiger partial charge in [-0.2, -0.15) is 0 Å². The van der Waals surface area contributed by atoms with Crippen LogP contribution in [0.2, 0.25) is 0 Å². The number of carboxylic acid groups (broad SMARTS) is 1. The van der Waals surface area contributed by atoms with E-state index in [9.17, 15) is 9.59 Å². The van der Waals surface area contributed by atoms with Gasteiger partial charge in [-0.05, 0) is 20.8 Å². The number of ether oxygens (including phenoxy) is 1. The molecule has 0 bridgehead atoms. The number of carbonyl (C=O) groups is 2. The molecule has 100 valence electrons. The molecule has 0 aliphatic heterocycles. The number of amides is 2. The fourth-order valence-electron chi connectivity index (χ4n) is 1.07. The summed E-state index contributed by atoms with van der Waals surface area (Å²) in [5.41, 5.74) is 4.70. The summed E-state index contributed by atoms with van der Waals surface area (Å²) in [6, 6.07) is 0. The van der Waals surface area contributed by atoms with E-state index in [4.69, 9.17) is 15.6 Å². The van der Waals surface area contributed by atoms with Crippen molar-refractivity contribution >= 4 is 12.2 Å². The Morgan fingerprint density at radius 2 is 1.94 bits per heavy atom. The third kappa shape index (κ3) is 8.32. The summed E-state index contributed by atoms with van der Waals surface area (Å²) >= 11 is 0. The van der Waals surface area contributed by atoms with Crippen LogP contribution in [0.1, 0.15) is 20.8 Å². The zero-order valence-electron chi connectivity index (χ0n) is 10.5. The number of nitrogens with zero attached hydrogens (tertiary/aromatic N) is 1. The molecule has 0 saturated carbocycles. The molecule has 0 aromatic carbocycles. The fraction of sp³-hybridized carbons (Fsp3) is 0.800. The molecule has 0 heterocycles.